The predicted octanol–water partition coefficient (Wildman–Crippen LogP) is 2.23. The number of halogens is 1. The number of hydrogen-bond acceptors (Lipinski definition) is 3. The molecule has 1 aromatic rings. The summed E-state index contributed by atoms with van der Waals surface area (Å²) in [6.07, 6.45) is 0.792. The number of phenols is 1. The van der Waals surface area contributed by atoms with Crippen molar-refractivity contribution in [3.05, 3.63) is 23.8 Å². The van der Waals surface area contributed by atoms with Gasteiger partial charge in [-0.25, -0.2) is 0 Å². The number of nitrogens with two attached hydrogens (primary N) is 1. The predicted molar refractivity (Wildman–Crippen MR) is 59.1 cm³/mol. The normalized spacial score (nSPS) is 11.6. The van der Waals surface area contributed by atoms with Crippen molar-refractivity contribution in [1.29, 1.82) is 0 Å². The minimum absolute atomic E-state index is 0. The molecule has 1 aromatic carbocycles. The molecule has 4 heteroatoms. The van der Waals surface area contributed by atoms with E-state index in [1.807, 2.05) is 19.1 Å². The van der Waals surface area contributed by atoms with Crippen LogP contribution in [-0.4, -0.2) is 12.2 Å². The minimum atomic E-state index is -0.130. The van der Waals surface area contributed by atoms with Crippen LogP contribution in [0.2, 0.25) is 0 Å². The quantitative estimate of drug-likeness (QED) is 0.817. The van der Waals surface area contributed by atoms with Crippen LogP contribution in [0.25, 0.3) is 0 Å². The first-order valence-corrected chi connectivity index (χ1v) is 4.32. The first kappa shape index (κ1) is 13.1. The standard InChI is InChI=1S/C10H15NO2.ClH/c1-3-8(11)7-5-4-6-9(13-2)10(7)12;/h4-6,8,12H,3,11H2,1-2H3;1H/t8-;/m1./s1. The molecule has 3 N–H and O–H groups in total. The van der Waals surface area contributed by atoms with Crippen LogP contribution in [0.3, 0.4) is 0 Å². The van der Waals surface area contributed by atoms with Crippen molar-refractivity contribution >= 4 is 12.4 Å². The molecule has 0 aliphatic heterocycles. The lowest BCUT2D eigenvalue weighted by Crippen LogP contribution is -2.08. The summed E-state index contributed by atoms with van der Waals surface area (Å²) in [5.74, 6) is 0.626. The third-order valence-corrected chi connectivity index (χ3v) is 2.09. The molecule has 0 spiro atoms. The number of hydrogen-bond donors (Lipinski definition) is 2. The SMILES string of the molecule is CC[C@@H](N)c1cccc(OC)c1O.Cl. The van der Waals surface area contributed by atoms with Crippen LogP contribution in [0.5, 0.6) is 11.5 Å². The molecule has 1 rings (SSSR count). The Labute approximate surface area is 90.3 Å². The summed E-state index contributed by atoms with van der Waals surface area (Å²) in [7, 11) is 1.52. The average Bonchev–Trinajstić information content (AvgIpc) is 2.17. The second kappa shape index (κ2) is 5.73. The zero-order chi connectivity index (χ0) is 9.84. The summed E-state index contributed by atoms with van der Waals surface area (Å²) in [4.78, 5) is 0. The van der Waals surface area contributed by atoms with Gasteiger partial charge in [0.15, 0.2) is 11.5 Å². The molecule has 0 fully saturated rings. The van der Waals surface area contributed by atoms with Crippen molar-refractivity contribution in [2.75, 3.05) is 7.11 Å². The van der Waals surface area contributed by atoms with Crippen LogP contribution >= 0.6 is 12.4 Å². The fourth-order valence-electron chi connectivity index (χ4n) is 1.22. The Bertz CT molecular complexity index is 291. The lowest BCUT2D eigenvalue weighted by molar-refractivity contribution is 0.368. The molecule has 80 valence electrons. The highest BCUT2D eigenvalue weighted by molar-refractivity contribution is 5.85. The number of benzene rings is 1. The Morgan fingerprint density at radius 1 is 1.50 bits per heavy atom. The first-order chi connectivity index (χ1) is 6.20. The van der Waals surface area contributed by atoms with E-state index in [0.717, 1.165) is 12.0 Å². The highest BCUT2D eigenvalue weighted by atomic mass is 35.5. The maximum absolute atomic E-state index is 9.69. The molecule has 0 radical (unpaired) electrons. The van der Waals surface area contributed by atoms with Crippen molar-refractivity contribution in [3.8, 4) is 11.5 Å². The molecule has 0 heterocycles. The zero-order valence-corrected chi connectivity index (χ0v) is 9.17. The Hall–Kier alpha value is -0.930. The van der Waals surface area contributed by atoms with Crippen LogP contribution in [0.15, 0.2) is 18.2 Å². The van der Waals surface area contributed by atoms with E-state index < -0.39 is 0 Å². The lowest BCUT2D eigenvalue weighted by atomic mass is 10.0. The summed E-state index contributed by atoms with van der Waals surface area (Å²) in [5.41, 5.74) is 6.54. The third-order valence-electron chi connectivity index (χ3n) is 2.09. The van der Waals surface area contributed by atoms with Crippen molar-refractivity contribution in [1.82, 2.24) is 0 Å². The molecule has 0 unspecified atom stereocenters. The molecule has 0 aliphatic rings. The molecule has 0 saturated heterocycles. The number of rotatable bonds is 3. The molecule has 3 nitrogen and oxygen atoms in total. The molecule has 14 heavy (non-hydrogen) atoms. The second-order valence-corrected chi connectivity index (χ2v) is 2.91. The zero-order valence-electron chi connectivity index (χ0n) is 8.36. The minimum Gasteiger partial charge on any atom is -0.504 e. The van der Waals surface area contributed by atoms with E-state index in [9.17, 15) is 5.11 Å². The monoisotopic (exact) mass is 217 g/mol. The first-order valence-electron chi connectivity index (χ1n) is 4.32. The summed E-state index contributed by atoms with van der Waals surface area (Å²) in [6, 6.07) is 5.21. The maximum Gasteiger partial charge on any atom is 0.162 e. The number of para-hydroxylation sites is 1. The van der Waals surface area contributed by atoms with Gasteiger partial charge in [-0.1, -0.05) is 19.1 Å². The van der Waals surface area contributed by atoms with Gasteiger partial charge in [-0.2, -0.15) is 0 Å². The largest absolute Gasteiger partial charge is 0.504 e. The van der Waals surface area contributed by atoms with Gasteiger partial charge in [0.2, 0.25) is 0 Å². The van der Waals surface area contributed by atoms with Crippen LogP contribution in [0.4, 0.5) is 0 Å². The van der Waals surface area contributed by atoms with Gasteiger partial charge in [-0.3, -0.25) is 0 Å². The van der Waals surface area contributed by atoms with Crippen LogP contribution in [0.1, 0.15) is 24.9 Å². The van der Waals surface area contributed by atoms with E-state index in [4.69, 9.17) is 10.5 Å². The van der Waals surface area contributed by atoms with Gasteiger partial charge in [0.1, 0.15) is 0 Å². The van der Waals surface area contributed by atoms with E-state index in [1.165, 1.54) is 7.11 Å². The highest BCUT2D eigenvalue weighted by Gasteiger charge is 2.11. The van der Waals surface area contributed by atoms with E-state index in [-0.39, 0.29) is 24.2 Å². The van der Waals surface area contributed by atoms with Crippen LogP contribution < -0.4 is 10.5 Å². The molecule has 0 saturated carbocycles. The topological polar surface area (TPSA) is 55.5 Å². The summed E-state index contributed by atoms with van der Waals surface area (Å²) < 4.78 is 4.97. The Balaban J connectivity index is 0.00000169. The molecule has 0 amide bonds. The van der Waals surface area contributed by atoms with E-state index in [1.54, 1.807) is 6.07 Å². The third kappa shape index (κ3) is 2.53. The van der Waals surface area contributed by atoms with Crippen molar-refractivity contribution in [3.63, 3.8) is 0 Å². The van der Waals surface area contributed by atoms with Gasteiger partial charge in [0.05, 0.1) is 7.11 Å². The molecular weight excluding hydrogens is 202 g/mol. The van der Waals surface area contributed by atoms with Gasteiger partial charge in [0, 0.05) is 11.6 Å². The fourth-order valence-corrected chi connectivity index (χ4v) is 1.22. The molecule has 0 aromatic heterocycles. The van der Waals surface area contributed by atoms with Gasteiger partial charge < -0.3 is 15.6 Å². The van der Waals surface area contributed by atoms with Crippen molar-refractivity contribution in [2.24, 2.45) is 5.73 Å². The molecule has 0 aliphatic carbocycles. The average molecular weight is 218 g/mol. The number of methoxy groups -OCH3 is 1. The molecule has 0 bridgehead atoms. The van der Waals surface area contributed by atoms with Gasteiger partial charge in [-0.15, -0.1) is 12.4 Å². The summed E-state index contributed by atoms with van der Waals surface area (Å²) in [6.45, 7) is 1.98. The highest BCUT2D eigenvalue weighted by Crippen LogP contribution is 2.33. The van der Waals surface area contributed by atoms with Crippen molar-refractivity contribution in [2.45, 2.75) is 19.4 Å². The maximum atomic E-state index is 9.69. The Morgan fingerprint density at radius 3 is 2.64 bits per heavy atom. The fraction of sp³-hybridized carbons (Fsp3) is 0.400. The second-order valence-electron chi connectivity index (χ2n) is 2.91. The van der Waals surface area contributed by atoms with Gasteiger partial charge >= 0.3 is 0 Å². The number of ether oxygens (including phenoxy) is 1. The van der Waals surface area contributed by atoms with Crippen LogP contribution in [-0.2, 0) is 0 Å². The number of aromatic hydroxyl groups is 1. The Kier molecular flexibility index (Phi) is 5.35. The van der Waals surface area contributed by atoms with Gasteiger partial charge in [0.25, 0.3) is 0 Å². The van der Waals surface area contributed by atoms with E-state index >= 15 is 0 Å². The van der Waals surface area contributed by atoms with Crippen molar-refractivity contribution < 1.29 is 9.84 Å². The molecule has 1 atom stereocenters. The van der Waals surface area contributed by atoms with E-state index in [2.05, 4.69) is 0 Å². The van der Waals surface area contributed by atoms with Crippen LogP contribution in [0, 0.1) is 0 Å². The lowest BCUT2D eigenvalue weighted by Gasteiger charge is -2.13. The van der Waals surface area contributed by atoms with E-state index in [0.29, 0.717) is 5.75 Å². The summed E-state index contributed by atoms with van der Waals surface area (Å²) in [5, 5.41) is 9.69. The summed E-state index contributed by atoms with van der Waals surface area (Å²) >= 11 is 0. The smallest absolute Gasteiger partial charge is 0.162 e. The molecular formula is C10H16ClNO2. The van der Waals surface area contributed by atoms with Gasteiger partial charge in [-0.05, 0) is 12.5 Å². The number of phenolic OH excluding ortho intramolecular Hbond substituents is 1. The Morgan fingerprint density at radius 2 is 2.14 bits per heavy atom.